The van der Waals surface area contributed by atoms with Gasteiger partial charge in [0.05, 0.1) is 13.2 Å². The Morgan fingerprint density at radius 2 is 1.95 bits per heavy atom. The Labute approximate surface area is 118 Å². The van der Waals surface area contributed by atoms with Crippen LogP contribution in [0, 0.1) is 0 Å². The van der Waals surface area contributed by atoms with Crippen LogP contribution in [0.5, 0.6) is 5.75 Å². The molecule has 0 aliphatic carbocycles. The number of methoxy groups -OCH3 is 3. The molecule has 0 aliphatic rings. The highest BCUT2D eigenvalue weighted by Crippen LogP contribution is 2.30. The minimum absolute atomic E-state index is 0.0555. The van der Waals surface area contributed by atoms with Gasteiger partial charge in [-0.05, 0) is 19.1 Å². The molecule has 0 amide bonds. The van der Waals surface area contributed by atoms with Crippen LogP contribution in [0.4, 0.5) is 0 Å². The molecule has 1 aromatic carbocycles. The molecule has 0 radical (unpaired) electrons. The molecular formula is C15H21NO4. The van der Waals surface area contributed by atoms with Crippen molar-refractivity contribution in [3.63, 3.8) is 0 Å². The van der Waals surface area contributed by atoms with Gasteiger partial charge in [-0.15, -0.1) is 0 Å². The third-order valence-electron chi connectivity index (χ3n) is 3.29. The lowest BCUT2D eigenvalue weighted by Gasteiger charge is -2.17. The average molecular weight is 279 g/mol. The van der Waals surface area contributed by atoms with Gasteiger partial charge in [0.25, 0.3) is 0 Å². The lowest BCUT2D eigenvalue weighted by Crippen LogP contribution is -2.31. The third kappa shape index (κ3) is 3.12. The highest BCUT2D eigenvalue weighted by atomic mass is 16.7. The molecule has 0 saturated carbocycles. The number of hydrogen-bond donors (Lipinski definition) is 1. The number of fused-ring (bicyclic) bond motifs is 1. The Balaban J connectivity index is 2.12. The molecule has 5 nitrogen and oxygen atoms in total. The highest BCUT2D eigenvalue weighted by molar-refractivity contribution is 5.83. The predicted octanol–water partition coefficient (Wildman–Crippen LogP) is 2.71. The summed E-state index contributed by atoms with van der Waals surface area (Å²) in [5.74, 6) is 1.60. The van der Waals surface area contributed by atoms with Crippen LogP contribution in [0.15, 0.2) is 28.7 Å². The molecule has 0 saturated heterocycles. The molecule has 20 heavy (non-hydrogen) atoms. The summed E-state index contributed by atoms with van der Waals surface area (Å²) in [4.78, 5) is 0. The summed E-state index contributed by atoms with van der Waals surface area (Å²) in [6.45, 7) is 2.62. The lowest BCUT2D eigenvalue weighted by molar-refractivity contribution is -0.0999. The minimum atomic E-state index is -0.267. The molecule has 1 N–H and O–H groups in total. The first-order valence-electron chi connectivity index (χ1n) is 6.55. The Morgan fingerprint density at radius 3 is 2.60 bits per heavy atom. The summed E-state index contributed by atoms with van der Waals surface area (Å²) in [5.41, 5.74) is 0.772. The average Bonchev–Trinajstić information content (AvgIpc) is 2.92. The van der Waals surface area contributed by atoms with E-state index in [4.69, 9.17) is 18.6 Å². The smallest absolute Gasteiger partial charge is 0.176 e. The van der Waals surface area contributed by atoms with E-state index in [1.165, 1.54) is 0 Å². The molecule has 0 fully saturated rings. The van der Waals surface area contributed by atoms with Crippen LogP contribution in [0.2, 0.25) is 0 Å². The van der Waals surface area contributed by atoms with Gasteiger partial charge in [-0.3, -0.25) is 0 Å². The second kappa shape index (κ2) is 6.74. The molecular weight excluding hydrogens is 258 g/mol. The van der Waals surface area contributed by atoms with Crippen LogP contribution in [0.3, 0.4) is 0 Å². The summed E-state index contributed by atoms with van der Waals surface area (Å²) < 4.78 is 21.5. The van der Waals surface area contributed by atoms with Gasteiger partial charge in [-0.2, -0.15) is 0 Å². The molecule has 1 unspecified atom stereocenters. The number of para-hydroxylation sites is 1. The van der Waals surface area contributed by atoms with Gasteiger partial charge in [0.1, 0.15) is 5.76 Å². The quantitative estimate of drug-likeness (QED) is 0.790. The van der Waals surface area contributed by atoms with E-state index < -0.39 is 0 Å². The fourth-order valence-corrected chi connectivity index (χ4v) is 2.07. The first-order valence-corrected chi connectivity index (χ1v) is 6.55. The van der Waals surface area contributed by atoms with E-state index >= 15 is 0 Å². The molecule has 5 heteroatoms. The van der Waals surface area contributed by atoms with E-state index in [2.05, 4.69) is 5.32 Å². The van der Waals surface area contributed by atoms with Crippen molar-refractivity contribution in [2.24, 2.45) is 0 Å². The van der Waals surface area contributed by atoms with E-state index in [9.17, 15) is 0 Å². The van der Waals surface area contributed by atoms with E-state index in [-0.39, 0.29) is 12.3 Å². The zero-order valence-corrected chi connectivity index (χ0v) is 12.3. The molecule has 0 bridgehead atoms. The number of ether oxygens (including phenoxy) is 3. The summed E-state index contributed by atoms with van der Waals surface area (Å²) in [6, 6.07) is 7.92. The number of nitrogens with one attached hydrogen (secondary N) is 1. The van der Waals surface area contributed by atoms with Gasteiger partial charge >= 0.3 is 0 Å². The largest absolute Gasteiger partial charge is 0.493 e. The molecule has 0 spiro atoms. The Kier molecular flexibility index (Phi) is 5.00. The van der Waals surface area contributed by atoms with Crippen LogP contribution >= 0.6 is 0 Å². The second-order valence-electron chi connectivity index (χ2n) is 4.56. The second-order valence-corrected chi connectivity index (χ2v) is 4.56. The van der Waals surface area contributed by atoms with Crippen LogP contribution in [0.1, 0.15) is 18.7 Å². The molecule has 110 valence electrons. The Bertz CT molecular complexity index is 548. The summed E-state index contributed by atoms with van der Waals surface area (Å²) in [5, 5.41) is 4.35. The number of furan rings is 1. The molecule has 1 heterocycles. The van der Waals surface area contributed by atoms with E-state index in [1.807, 2.05) is 31.2 Å². The summed E-state index contributed by atoms with van der Waals surface area (Å²) >= 11 is 0. The summed E-state index contributed by atoms with van der Waals surface area (Å²) in [7, 11) is 4.87. The first-order chi connectivity index (χ1) is 9.69. The fourth-order valence-electron chi connectivity index (χ4n) is 2.07. The van der Waals surface area contributed by atoms with Crippen molar-refractivity contribution in [1.29, 1.82) is 0 Å². The standard InChI is InChI=1S/C15H21NO4/c1-10(16-9-14(18-3)19-4)13-8-11-6-5-7-12(17-2)15(11)20-13/h5-8,10,14,16H,9H2,1-4H3. The third-order valence-corrected chi connectivity index (χ3v) is 3.29. The molecule has 2 aromatic rings. The van der Waals surface area contributed by atoms with Gasteiger partial charge in [-0.25, -0.2) is 0 Å². The van der Waals surface area contributed by atoms with E-state index in [1.54, 1.807) is 21.3 Å². The van der Waals surface area contributed by atoms with Crippen molar-refractivity contribution < 1.29 is 18.6 Å². The molecule has 2 rings (SSSR count). The van der Waals surface area contributed by atoms with Gasteiger partial charge in [0.15, 0.2) is 17.6 Å². The van der Waals surface area contributed by atoms with Crippen LogP contribution in [0.25, 0.3) is 11.0 Å². The lowest BCUT2D eigenvalue weighted by atomic mass is 10.2. The SMILES string of the molecule is COc1cccc2cc(C(C)NCC(OC)OC)oc12. The van der Waals surface area contributed by atoms with Crippen molar-refractivity contribution in [3.8, 4) is 5.75 Å². The minimum Gasteiger partial charge on any atom is -0.493 e. The van der Waals surface area contributed by atoms with Gasteiger partial charge in [-0.1, -0.05) is 12.1 Å². The van der Waals surface area contributed by atoms with Gasteiger partial charge in [0, 0.05) is 26.2 Å². The molecule has 0 aliphatic heterocycles. The van der Waals surface area contributed by atoms with Gasteiger partial charge < -0.3 is 23.9 Å². The highest BCUT2D eigenvalue weighted by Gasteiger charge is 2.15. The van der Waals surface area contributed by atoms with Crippen LogP contribution < -0.4 is 10.1 Å². The van der Waals surface area contributed by atoms with Gasteiger partial charge in [0.2, 0.25) is 0 Å². The number of hydrogen-bond acceptors (Lipinski definition) is 5. The van der Waals surface area contributed by atoms with Crippen molar-refractivity contribution in [1.82, 2.24) is 5.32 Å². The van der Waals surface area contributed by atoms with Crippen LogP contribution in [-0.2, 0) is 9.47 Å². The Morgan fingerprint density at radius 1 is 1.20 bits per heavy atom. The maximum Gasteiger partial charge on any atom is 0.176 e. The normalized spacial score (nSPS) is 13.1. The molecule has 1 aromatic heterocycles. The van der Waals surface area contributed by atoms with Crippen molar-refractivity contribution in [3.05, 3.63) is 30.0 Å². The van der Waals surface area contributed by atoms with Crippen molar-refractivity contribution >= 4 is 11.0 Å². The zero-order valence-electron chi connectivity index (χ0n) is 12.3. The predicted molar refractivity (Wildman–Crippen MR) is 77.0 cm³/mol. The zero-order chi connectivity index (χ0) is 14.5. The maximum absolute atomic E-state index is 5.88. The topological polar surface area (TPSA) is 52.9 Å². The van der Waals surface area contributed by atoms with Crippen LogP contribution in [-0.4, -0.2) is 34.2 Å². The monoisotopic (exact) mass is 279 g/mol. The van der Waals surface area contributed by atoms with Crippen molar-refractivity contribution in [2.75, 3.05) is 27.9 Å². The van der Waals surface area contributed by atoms with Crippen molar-refractivity contribution in [2.45, 2.75) is 19.3 Å². The number of benzene rings is 1. The van der Waals surface area contributed by atoms with E-state index in [0.717, 1.165) is 22.5 Å². The fraction of sp³-hybridized carbons (Fsp3) is 0.467. The summed E-state index contributed by atoms with van der Waals surface area (Å²) in [6.07, 6.45) is -0.267. The number of rotatable bonds is 7. The molecule has 1 atom stereocenters. The Hall–Kier alpha value is -1.56. The van der Waals surface area contributed by atoms with E-state index in [0.29, 0.717) is 6.54 Å². The first kappa shape index (κ1) is 14.8. The maximum atomic E-state index is 5.88.